The fourth-order valence-electron chi connectivity index (χ4n) is 2.25. The molecule has 0 saturated heterocycles. The van der Waals surface area contributed by atoms with Gasteiger partial charge in [-0.05, 0) is 12.1 Å². The third-order valence-corrected chi connectivity index (χ3v) is 4.18. The molecule has 0 atom stereocenters. The number of methoxy groups -OCH3 is 1. The summed E-state index contributed by atoms with van der Waals surface area (Å²) in [6, 6.07) is 4.94. The average Bonchev–Trinajstić information content (AvgIpc) is 3.03. The molecular formula is C15H10Cl2FN3O2. The van der Waals surface area contributed by atoms with Gasteiger partial charge in [-0.25, -0.2) is 14.2 Å². The number of aromatic amines is 1. The maximum absolute atomic E-state index is 14.7. The van der Waals surface area contributed by atoms with Crippen molar-refractivity contribution in [2.45, 2.75) is 0 Å². The van der Waals surface area contributed by atoms with Crippen LogP contribution in [0.3, 0.4) is 0 Å². The van der Waals surface area contributed by atoms with Crippen LogP contribution in [0.15, 0.2) is 24.4 Å². The van der Waals surface area contributed by atoms with Crippen LogP contribution in [0.1, 0.15) is 10.5 Å². The van der Waals surface area contributed by atoms with Gasteiger partial charge >= 0.3 is 5.97 Å². The maximum Gasteiger partial charge on any atom is 0.358 e. The first-order valence-electron chi connectivity index (χ1n) is 6.44. The van der Waals surface area contributed by atoms with E-state index in [2.05, 4.69) is 14.7 Å². The Balaban J connectivity index is 2.31. The molecule has 23 heavy (non-hydrogen) atoms. The van der Waals surface area contributed by atoms with E-state index in [9.17, 15) is 9.18 Å². The predicted molar refractivity (Wildman–Crippen MR) is 87.3 cm³/mol. The summed E-state index contributed by atoms with van der Waals surface area (Å²) in [5, 5.41) is 0.525. The summed E-state index contributed by atoms with van der Waals surface area (Å²) < 4.78 is 19.3. The molecule has 3 aromatic rings. The molecule has 0 radical (unpaired) electrons. The number of nitrogens with zero attached hydrogens (tertiary/aromatic N) is 1. The lowest BCUT2D eigenvalue weighted by Gasteiger charge is -2.12. The summed E-state index contributed by atoms with van der Waals surface area (Å²) in [6.07, 6.45) is 1.61. The molecule has 0 saturated carbocycles. The number of ether oxygens (including phenoxy) is 1. The van der Waals surface area contributed by atoms with Crippen molar-refractivity contribution >= 4 is 45.8 Å². The van der Waals surface area contributed by atoms with Crippen LogP contribution in [-0.4, -0.2) is 23.0 Å². The van der Waals surface area contributed by atoms with Crippen molar-refractivity contribution in [1.29, 1.82) is 0 Å². The lowest BCUT2D eigenvalue weighted by atomic mass is 10.1. The fourth-order valence-corrected chi connectivity index (χ4v) is 2.75. The van der Waals surface area contributed by atoms with Gasteiger partial charge in [0.1, 0.15) is 0 Å². The summed E-state index contributed by atoms with van der Waals surface area (Å²) in [6.45, 7) is 0. The number of nitrogens with two attached hydrogens (primary N) is 1. The number of carbonyl (C=O) groups excluding carboxylic acids is 1. The number of hydrogen-bond acceptors (Lipinski definition) is 4. The molecule has 1 aromatic carbocycles. The number of pyridine rings is 1. The summed E-state index contributed by atoms with van der Waals surface area (Å²) in [5.74, 6) is -1.35. The Bertz CT molecular complexity index is 940. The van der Waals surface area contributed by atoms with Crippen molar-refractivity contribution in [1.82, 2.24) is 9.97 Å². The monoisotopic (exact) mass is 353 g/mol. The Morgan fingerprint density at radius 2 is 2.04 bits per heavy atom. The number of esters is 1. The minimum absolute atomic E-state index is 0.0166. The topological polar surface area (TPSA) is 81.0 Å². The van der Waals surface area contributed by atoms with E-state index < -0.39 is 11.8 Å². The van der Waals surface area contributed by atoms with Crippen molar-refractivity contribution in [3.63, 3.8) is 0 Å². The van der Waals surface area contributed by atoms with E-state index in [0.29, 0.717) is 10.9 Å². The highest BCUT2D eigenvalue weighted by Crippen LogP contribution is 2.39. The molecule has 0 aliphatic heterocycles. The van der Waals surface area contributed by atoms with Crippen molar-refractivity contribution in [2.75, 3.05) is 12.8 Å². The second kappa shape index (κ2) is 5.72. The fraction of sp³-hybridized carbons (Fsp3) is 0.0667. The van der Waals surface area contributed by atoms with E-state index in [-0.39, 0.29) is 32.7 Å². The molecule has 5 nitrogen and oxygen atoms in total. The van der Waals surface area contributed by atoms with Crippen LogP contribution in [0.5, 0.6) is 0 Å². The molecule has 2 heterocycles. The van der Waals surface area contributed by atoms with Crippen molar-refractivity contribution in [3.8, 4) is 11.3 Å². The molecule has 0 spiro atoms. The molecule has 8 heteroatoms. The second-order valence-corrected chi connectivity index (χ2v) is 5.47. The van der Waals surface area contributed by atoms with Gasteiger partial charge in [0.2, 0.25) is 0 Å². The van der Waals surface area contributed by atoms with Crippen LogP contribution in [0.2, 0.25) is 10.0 Å². The van der Waals surface area contributed by atoms with E-state index in [4.69, 9.17) is 28.9 Å². The molecule has 0 aliphatic carbocycles. The predicted octanol–water partition coefficient (Wildman–Crippen LogP) is 4.04. The first kappa shape index (κ1) is 15.6. The molecule has 3 N–H and O–H groups in total. The van der Waals surface area contributed by atoms with E-state index in [1.165, 1.54) is 13.2 Å². The number of fused-ring (bicyclic) bond motifs is 1. The van der Waals surface area contributed by atoms with Gasteiger partial charge in [-0.3, -0.25) is 0 Å². The third-order valence-electron chi connectivity index (χ3n) is 3.41. The Hall–Kier alpha value is -2.31. The van der Waals surface area contributed by atoms with Crippen LogP contribution in [0, 0.1) is 5.82 Å². The standard InChI is InChI=1S/C15H10Cl2FN3O2/c1-23-15(22)14-9(17)11(19)8(16)13(21-14)7-3-2-6-4-5-20-12(6)10(7)18/h2-5,20H,1H3,(H2,19,21). The van der Waals surface area contributed by atoms with Gasteiger partial charge in [0.05, 0.1) is 34.1 Å². The molecular weight excluding hydrogens is 344 g/mol. The number of hydrogen-bond donors (Lipinski definition) is 2. The van der Waals surface area contributed by atoms with Gasteiger partial charge in [0.25, 0.3) is 0 Å². The average molecular weight is 354 g/mol. The summed E-state index contributed by atoms with van der Waals surface area (Å²) in [5.41, 5.74) is 5.94. The molecule has 0 fully saturated rings. The van der Waals surface area contributed by atoms with Gasteiger partial charge in [0, 0.05) is 17.1 Å². The number of rotatable bonds is 2. The third kappa shape index (κ3) is 2.40. The largest absolute Gasteiger partial charge is 0.464 e. The SMILES string of the molecule is COC(=O)c1nc(-c2ccc3cc[nH]c3c2F)c(Cl)c(N)c1Cl. The highest BCUT2D eigenvalue weighted by molar-refractivity contribution is 6.41. The minimum atomic E-state index is -0.791. The Labute approximate surface area is 140 Å². The Kier molecular flexibility index (Phi) is 3.87. The maximum atomic E-state index is 14.7. The van der Waals surface area contributed by atoms with Gasteiger partial charge in [-0.15, -0.1) is 0 Å². The smallest absolute Gasteiger partial charge is 0.358 e. The zero-order chi connectivity index (χ0) is 16.7. The first-order valence-corrected chi connectivity index (χ1v) is 7.20. The van der Waals surface area contributed by atoms with Gasteiger partial charge in [-0.2, -0.15) is 0 Å². The number of carbonyl (C=O) groups is 1. The number of halogens is 3. The zero-order valence-corrected chi connectivity index (χ0v) is 13.3. The molecule has 118 valence electrons. The van der Waals surface area contributed by atoms with Gasteiger partial charge in [-0.1, -0.05) is 29.3 Å². The van der Waals surface area contributed by atoms with Crippen LogP contribution in [0.4, 0.5) is 10.1 Å². The van der Waals surface area contributed by atoms with Crippen LogP contribution >= 0.6 is 23.2 Å². The van der Waals surface area contributed by atoms with Crippen molar-refractivity contribution in [2.24, 2.45) is 0 Å². The normalized spacial score (nSPS) is 11.0. The number of nitrogen functional groups attached to an aromatic ring is 1. The van der Waals surface area contributed by atoms with E-state index >= 15 is 0 Å². The number of anilines is 1. The highest BCUT2D eigenvalue weighted by Gasteiger charge is 2.23. The summed E-state index contributed by atoms with van der Waals surface area (Å²) in [7, 11) is 1.18. The minimum Gasteiger partial charge on any atom is -0.464 e. The molecule has 0 amide bonds. The lowest BCUT2D eigenvalue weighted by Crippen LogP contribution is -2.09. The molecule has 0 aliphatic rings. The Morgan fingerprint density at radius 1 is 1.30 bits per heavy atom. The number of benzene rings is 1. The zero-order valence-electron chi connectivity index (χ0n) is 11.8. The number of nitrogens with one attached hydrogen (secondary N) is 1. The van der Waals surface area contributed by atoms with Crippen LogP contribution in [-0.2, 0) is 4.74 Å². The van der Waals surface area contributed by atoms with Crippen LogP contribution in [0.25, 0.3) is 22.2 Å². The van der Waals surface area contributed by atoms with Crippen molar-refractivity contribution in [3.05, 3.63) is 46.0 Å². The lowest BCUT2D eigenvalue weighted by molar-refractivity contribution is 0.0594. The second-order valence-electron chi connectivity index (χ2n) is 4.71. The van der Waals surface area contributed by atoms with Gasteiger partial charge in [0.15, 0.2) is 11.5 Å². The molecule has 0 unspecified atom stereocenters. The summed E-state index contributed by atoms with van der Waals surface area (Å²) in [4.78, 5) is 18.6. The number of H-pyrrole nitrogens is 1. The summed E-state index contributed by atoms with van der Waals surface area (Å²) >= 11 is 12.1. The van der Waals surface area contributed by atoms with Crippen LogP contribution < -0.4 is 5.73 Å². The Morgan fingerprint density at radius 3 is 2.74 bits per heavy atom. The quantitative estimate of drug-likeness (QED) is 0.681. The van der Waals surface area contributed by atoms with E-state index in [1.807, 2.05) is 0 Å². The van der Waals surface area contributed by atoms with E-state index in [1.54, 1.807) is 18.3 Å². The molecule has 2 aromatic heterocycles. The first-order chi connectivity index (χ1) is 11.0. The van der Waals surface area contributed by atoms with E-state index in [0.717, 1.165) is 0 Å². The number of aromatic nitrogens is 2. The molecule has 3 rings (SSSR count). The highest BCUT2D eigenvalue weighted by atomic mass is 35.5. The molecule has 0 bridgehead atoms. The van der Waals surface area contributed by atoms with Gasteiger partial charge < -0.3 is 15.5 Å². The van der Waals surface area contributed by atoms with Crippen molar-refractivity contribution < 1.29 is 13.9 Å².